The number of amides is 1. The van der Waals surface area contributed by atoms with Gasteiger partial charge in [0.1, 0.15) is 0 Å². The van der Waals surface area contributed by atoms with Crippen LogP contribution in [0.5, 0.6) is 11.5 Å². The fourth-order valence-corrected chi connectivity index (χ4v) is 2.06. The molecule has 5 nitrogen and oxygen atoms in total. The molecule has 0 bridgehead atoms. The summed E-state index contributed by atoms with van der Waals surface area (Å²) in [7, 11) is 0. The molecule has 0 aliphatic carbocycles. The minimum atomic E-state index is -0.266. The van der Waals surface area contributed by atoms with Crippen molar-refractivity contribution in [1.29, 1.82) is 0 Å². The number of rotatable bonds is 9. The number of ether oxygens (including phenoxy) is 2. The van der Waals surface area contributed by atoms with Crippen molar-refractivity contribution in [1.82, 2.24) is 10.6 Å². The Kier molecular flexibility index (Phi) is 10.5. The number of carbonyl (C=O) groups excluding carboxylic acids is 1. The van der Waals surface area contributed by atoms with Crippen molar-refractivity contribution < 1.29 is 14.3 Å². The summed E-state index contributed by atoms with van der Waals surface area (Å²) in [5, 5.41) is 6.23. The van der Waals surface area contributed by atoms with Gasteiger partial charge in [0.15, 0.2) is 18.1 Å². The molecule has 1 rings (SSSR count). The zero-order valence-electron chi connectivity index (χ0n) is 15.4. The van der Waals surface area contributed by atoms with Gasteiger partial charge < -0.3 is 20.1 Å². The van der Waals surface area contributed by atoms with E-state index in [2.05, 4.69) is 17.6 Å². The molecular formula is C18H31ClN2O3. The normalized spacial score (nSPS) is 10.7. The Morgan fingerprint density at radius 2 is 1.83 bits per heavy atom. The Bertz CT molecular complexity index is 502. The van der Waals surface area contributed by atoms with E-state index in [-0.39, 0.29) is 30.5 Å². The zero-order chi connectivity index (χ0) is 17.3. The SMILES string of the molecule is CCCNCc1ccc(OCC(=O)NC(C)(C)C)c(OCC)c1.Cl. The summed E-state index contributed by atoms with van der Waals surface area (Å²) >= 11 is 0. The second-order valence-electron chi connectivity index (χ2n) is 6.48. The standard InChI is InChI=1S/C18H30N2O3.ClH/c1-6-10-19-12-14-8-9-15(16(11-14)22-7-2)23-13-17(21)20-18(3,4)5;/h8-9,11,19H,6-7,10,12-13H2,1-5H3,(H,20,21);1H. The highest BCUT2D eigenvalue weighted by Gasteiger charge is 2.15. The molecule has 0 atom stereocenters. The van der Waals surface area contributed by atoms with Crippen LogP contribution in [-0.4, -0.2) is 31.2 Å². The highest BCUT2D eigenvalue weighted by Crippen LogP contribution is 2.28. The molecule has 0 aliphatic rings. The molecular weight excluding hydrogens is 328 g/mol. The number of nitrogens with one attached hydrogen (secondary N) is 2. The van der Waals surface area contributed by atoms with Gasteiger partial charge in [-0.3, -0.25) is 4.79 Å². The monoisotopic (exact) mass is 358 g/mol. The Hall–Kier alpha value is -1.46. The molecule has 2 N–H and O–H groups in total. The van der Waals surface area contributed by atoms with Crippen molar-refractivity contribution in [2.75, 3.05) is 19.8 Å². The second-order valence-corrected chi connectivity index (χ2v) is 6.48. The predicted molar refractivity (Wildman–Crippen MR) is 100 cm³/mol. The maximum atomic E-state index is 11.9. The van der Waals surface area contributed by atoms with Gasteiger partial charge in [0, 0.05) is 12.1 Å². The highest BCUT2D eigenvalue weighted by molar-refractivity contribution is 5.85. The van der Waals surface area contributed by atoms with Crippen LogP contribution in [0.15, 0.2) is 18.2 Å². The van der Waals surface area contributed by atoms with Crippen LogP contribution < -0.4 is 20.1 Å². The molecule has 1 amide bonds. The molecule has 0 unspecified atom stereocenters. The Labute approximate surface area is 151 Å². The molecule has 1 aromatic carbocycles. The van der Waals surface area contributed by atoms with E-state index in [0.29, 0.717) is 18.1 Å². The van der Waals surface area contributed by atoms with Crippen LogP contribution in [0.4, 0.5) is 0 Å². The van der Waals surface area contributed by atoms with Gasteiger partial charge in [0.05, 0.1) is 6.61 Å². The fraction of sp³-hybridized carbons (Fsp3) is 0.611. The Balaban J connectivity index is 0.00000529. The van der Waals surface area contributed by atoms with Gasteiger partial charge in [-0.05, 0) is 58.4 Å². The summed E-state index contributed by atoms with van der Waals surface area (Å²) in [4.78, 5) is 11.9. The van der Waals surface area contributed by atoms with E-state index in [0.717, 1.165) is 25.1 Å². The van der Waals surface area contributed by atoms with Crippen molar-refractivity contribution in [3.05, 3.63) is 23.8 Å². The summed E-state index contributed by atoms with van der Waals surface area (Å²) < 4.78 is 11.3. The lowest BCUT2D eigenvalue weighted by Crippen LogP contribution is -2.43. The van der Waals surface area contributed by atoms with Crippen LogP contribution in [0.2, 0.25) is 0 Å². The first kappa shape index (κ1) is 22.5. The van der Waals surface area contributed by atoms with Gasteiger partial charge in [-0.2, -0.15) is 0 Å². The van der Waals surface area contributed by atoms with E-state index in [9.17, 15) is 4.79 Å². The number of halogens is 1. The molecule has 1 aromatic rings. The molecule has 0 fully saturated rings. The van der Waals surface area contributed by atoms with Crippen molar-refractivity contribution in [2.24, 2.45) is 0 Å². The summed E-state index contributed by atoms with van der Waals surface area (Å²) in [5.41, 5.74) is 0.867. The number of carbonyl (C=O) groups is 1. The first-order valence-electron chi connectivity index (χ1n) is 8.26. The third-order valence-electron chi connectivity index (χ3n) is 2.94. The summed E-state index contributed by atoms with van der Waals surface area (Å²) in [6.45, 7) is 12.2. The molecule has 0 saturated carbocycles. The topological polar surface area (TPSA) is 59.6 Å². The molecule has 0 heterocycles. The molecule has 0 spiro atoms. The molecule has 0 aromatic heterocycles. The van der Waals surface area contributed by atoms with Crippen LogP contribution >= 0.6 is 12.4 Å². The van der Waals surface area contributed by atoms with E-state index in [1.54, 1.807) is 0 Å². The average molecular weight is 359 g/mol. The van der Waals surface area contributed by atoms with Crippen molar-refractivity contribution in [3.63, 3.8) is 0 Å². The lowest BCUT2D eigenvalue weighted by Gasteiger charge is -2.21. The van der Waals surface area contributed by atoms with Gasteiger partial charge >= 0.3 is 0 Å². The summed E-state index contributed by atoms with van der Waals surface area (Å²) in [6, 6.07) is 5.81. The summed E-state index contributed by atoms with van der Waals surface area (Å²) in [6.07, 6.45) is 1.10. The van der Waals surface area contributed by atoms with Gasteiger partial charge in [-0.1, -0.05) is 13.0 Å². The maximum absolute atomic E-state index is 11.9. The minimum Gasteiger partial charge on any atom is -0.490 e. The van der Waals surface area contributed by atoms with Gasteiger partial charge in [-0.15, -0.1) is 12.4 Å². The highest BCUT2D eigenvalue weighted by atomic mass is 35.5. The largest absolute Gasteiger partial charge is 0.490 e. The molecule has 0 radical (unpaired) electrons. The molecule has 6 heteroatoms. The molecule has 0 aliphatic heterocycles. The fourth-order valence-electron chi connectivity index (χ4n) is 2.06. The third-order valence-corrected chi connectivity index (χ3v) is 2.94. The van der Waals surface area contributed by atoms with Gasteiger partial charge in [0.25, 0.3) is 5.91 Å². The second kappa shape index (κ2) is 11.2. The van der Waals surface area contributed by atoms with Crippen molar-refractivity contribution >= 4 is 18.3 Å². The van der Waals surface area contributed by atoms with Crippen LogP contribution in [0.25, 0.3) is 0 Å². The van der Waals surface area contributed by atoms with Crippen molar-refractivity contribution in [2.45, 2.75) is 53.1 Å². The maximum Gasteiger partial charge on any atom is 0.258 e. The first-order valence-corrected chi connectivity index (χ1v) is 8.26. The summed E-state index contributed by atoms with van der Waals surface area (Å²) in [5.74, 6) is 1.12. The van der Waals surface area contributed by atoms with E-state index in [1.807, 2.05) is 45.9 Å². The first-order chi connectivity index (χ1) is 10.9. The minimum absolute atomic E-state index is 0. The smallest absolute Gasteiger partial charge is 0.258 e. The van der Waals surface area contributed by atoms with Crippen LogP contribution in [-0.2, 0) is 11.3 Å². The van der Waals surface area contributed by atoms with Crippen LogP contribution in [0.1, 0.15) is 46.6 Å². The van der Waals surface area contributed by atoms with Gasteiger partial charge in [0.2, 0.25) is 0 Å². The van der Waals surface area contributed by atoms with E-state index < -0.39 is 0 Å². The molecule has 24 heavy (non-hydrogen) atoms. The third kappa shape index (κ3) is 8.99. The lowest BCUT2D eigenvalue weighted by molar-refractivity contribution is -0.124. The van der Waals surface area contributed by atoms with Crippen LogP contribution in [0, 0.1) is 0 Å². The number of hydrogen-bond acceptors (Lipinski definition) is 4. The molecule has 0 saturated heterocycles. The molecule has 138 valence electrons. The van der Waals surface area contributed by atoms with E-state index in [4.69, 9.17) is 9.47 Å². The predicted octanol–water partition coefficient (Wildman–Crippen LogP) is 3.30. The lowest BCUT2D eigenvalue weighted by atomic mass is 10.1. The van der Waals surface area contributed by atoms with Gasteiger partial charge in [-0.25, -0.2) is 0 Å². The zero-order valence-corrected chi connectivity index (χ0v) is 16.2. The number of benzene rings is 1. The van der Waals surface area contributed by atoms with E-state index in [1.165, 1.54) is 0 Å². The quantitative estimate of drug-likeness (QED) is 0.665. The Morgan fingerprint density at radius 1 is 1.12 bits per heavy atom. The Morgan fingerprint density at radius 3 is 2.42 bits per heavy atom. The number of hydrogen-bond donors (Lipinski definition) is 2. The average Bonchev–Trinajstić information content (AvgIpc) is 2.45. The van der Waals surface area contributed by atoms with Crippen LogP contribution in [0.3, 0.4) is 0 Å². The van der Waals surface area contributed by atoms with Crippen molar-refractivity contribution in [3.8, 4) is 11.5 Å². The van der Waals surface area contributed by atoms with E-state index >= 15 is 0 Å².